The van der Waals surface area contributed by atoms with Crippen molar-refractivity contribution in [2.24, 2.45) is 0 Å². The van der Waals surface area contributed by atoms with Crippen LogP contribution in [0.3, 0.4) is 0 Å². The first-order valence-electron chi connectivity index (χ1n) is 11.2. The van der Waals surface area contributed by atoms with Gasteiger partial charge >= 0.3 is 0 Å². The van der Waals surface area contributed by atoms with Gasteiger partial charge in [-0.05, 0) is 54.8 Å². The fourth-order valence-electron chi connectivity index (χ4n) is 4.11. The van der Waals surface area contributed by atoms with Crippen molar-refractivity contribution in [1.29, 1.82) is 0 Å². The van der Waals surface area contributed by atoms with E-state index in [0.717, 1.165) is 25.7 Å². The van der Waals surface area contributed by atoms with Crippen molar-refractivity contribution < 1.29 is 27.6 Å². The van der Waals surface area contributed by atoms with Crippen molar-refractivity contribution in [3.8, 4) is 0 Å². The van der Waals surface area contributed by atoms with E-state index in [1.165, 1.54) is 47.8 Å². The Morgan fingerprint density at radius 1 is 1.00 bits per heavy atom. The summed E-state index contributed by atoms with van der Waals surface area (Å²) in [5, 5.41) is 5.56. The van der Waals surface area contributed by atoms with Crippen molar-refractivity contribution in [2.45, 2.75) is 44.3 Å². The maximum atomic E-state index is 13.6. The van der Waals surface area contributed by atoms with Crippen LogP contribution in [0, 0.1) is 5.82 Å². The summed E-state index contributed by atoms with van der Waals surface area (Å²) in [6.45, 7) is -0.378. The van der Waals surface area contributed by atoms with Gasteiger partial charge in [-0.3, -0.25) is 14.4 Å². The fourth-order valence-corrected chi connectivity index (χ4v) is 4.11. The monoisotopic (exact) mass is 467 g/mol. The van der Waals surface area contributed by atoms with Crippen molar-refractivity contribution in [3.63, 3.8) is 0 Å². The molecule has 3 amide bonds. The maximum Gasteiger partial charge on any atom is 0.287 e. The van der Waals surface area contributed by atoms with E-state index in [2.05, 4.69) is 10.6 Å². The SMILES string of the molecule is O=C(NCC(=O)N(Cc1ccco1)[C@H](C(=O)NC1CCCC1)c1ccc(F)cc1)c1ccco1. The Morgan fingerprint density at radius 2 is 1.71 bits per heavy atom. The molecular formula is C25H26FN3O5. The van der Waals surface area contributed by atoms with Crippen LogP contribution in [0.1, 0.15) is 53.6 Å². The van der Waals surface area contributed by atoms with Gasteiger partial charge in [0.1, 0.15) is 17.6 Å². The van der Waals surface area contributed by atoms with E-state index < -0.39 is 23.7 Å². The molecule has 9 heteroatoms. The highest BCUT2D eigenvalue weighted by molar-refractivity contribution is 5.95. The maximum absolute atomic E-state index is 13.6. The molecule has 0 unspecified atom stereocenters. The number of carbonyl (C=O) groups excluding carboxylic acids is 3. The van der Waals surface area contributed by atoms with Gasteiger partial charge in [-0.1, -0.05) is 25.0 Å². The van der Waals surface area contributed by atoms with Gasteiger partial charge < -0.3 is 24.4 Å². The lowest BCUT2D eigenvalue weighted by Crippen LogP contribution is -2.48. The Balaban J connectivity index is 1.60. The molecule has 1 aliphatic carbocycles. The van der Waals surface area contributed by atoms with Crippen LogP contribution in [0.15, 0.2) is 69.9 Å². The van der Waals surface area contributed by atoms with Crippen LogP contribution in [0.4, 0.5) is 4.39 Å². The summed E-state index contributed by atoms with van der Waals surface area (Å²) < 4.78 is 24.1. The second kappa shape index (κ2) is 10.8. The molecule has 2 heterocycles. The molecule has 0 radical (unpaired) electrons. The first kappa shape index (κ1) is 23.3. The zero-order valence-electron chi connectivity index (χ0n) is 18.5. The summed E-state index contributed by atoms with van der Waals surface area (Å²) in [5.74, 6) is -1.34. The van der Waals surface area contributed by atoms with E-state index in [1.807, 2.05) is 0 Å². The minimum absolute atomic E-state index is 0.0113. The smallest absolute Gasteiger partial charge is 0.287 e. The summed E-state index contributed by atoms with van der Waals surface area (Å²) >= 11 is 0. The zero-order chi connectivity index (χ0) is 23.9. The van der Waals surface area contributed by atoms with Crippen LogP contribution in [0.5, 0.6) is 0 Å². The third kappa shape index (κ3) is 5.72. The molecule has 0 bridgehead atoms. The lowest BCUT2D eigenvalue weighted by molar-refractivity contribution is -0.141. The molecule has 1 saturated carbocycles. The normalized spacial score (nSPS) is 14.5. The molecule has 0 aliphatic heterocycles. The standard InChI is InChI=1S/C25H26FN3O5/c26-18-11-9-17(10-12-18)23(25(32)28-19-5-1-2-6-19)29(16-20-7-3-13-33-20)22(30)15-27-24(31)21-8-4-14-34-21/h3-4,7-14,19,23H,1-2,5-6,15-16H2,(H,27,31)(H,28,32)/t23-/m0/s1. The largest absolute Gasteiger partial charge is 0.467 e. The summed E-state index contributed by atoms with van der Waals surface area (Å²) in [7, 11) is 0. The molecule has 2 aromatic heterocycles. The van der Waals surface area contributed by atoms with E-state index in [9.17, 15) is 18.8 Å². The van der Waals surface area contributed by atoms with Gasteiger partial charge in [0.2, 0.25) is 11.8 Å². The van der Waals surface area contributed by atoms with Gasteiger partial charge in [0.25, 0.3) is 5.91 Å². The highest BCUT2D eigenvalue weighted by Crippen LogP contribution is 2.26. The van der Waals surface area contributed by atoms with Crippen molar-refractivity contribution >= 4 is 17.7 Å². The summed E-state index contributed by atoms with van der Waals surface area (Å²) in [5.41, 5.74) is 0.453. The van der Waals surface area contributed by atoms with Crippen molar-refractivity contribution in [3.05, 3.63) is 84.0 Å². The lowest BCUT2D eigenvalue weighted by atomic mass is 10.0. The number of hydrogen-bond donors (Lipinski definition) is 2. The second-order valence-electron chi connectivity index (χ2n) is 8.21. The molecule has 178 valence electrons. The van der Waals surface area contributed by atoms with E-state index in [0.29, 0.717) is 11.3 Å². The number of furan rings is 2. The van der Waals surface area contributed by atoms with Gasteiger partial charge in [-0.15, -0.1) is 0 Å². The number of nitrogens with one attached hydrogen (secondary N) is 2. The number of carbonyl (C=O) groups is 3. The number of hydrogen-bond acceptors (Lipinski definition) is 5. The number of benzene rings is 1. The molecule has 0 spiro atoms. The summed E-state index contributed by atoms with van der Waals surface area (Å²) in [6, 6.07) is 10.9. The van der Waals surface area contributed by atoms with Gasteiger partial charge in [0, 0.05) is 6.04 Å². The predicted octanol–water partition coefficient (Wildman–Crippen LogP) is 3.57. The van der Waals surface area contributed by atoms with E-state index >= 15 is 0 Å². The minimum atomic E-state index is -1.04. The average Bonchev–Trinajstić information content (AvgIpc) is 3.62. The predicted molar refractivity (Wildman–Crippen MR) is 120 cm³/mol. The van der Waals surface area contributed by atoms with Crippen molar-refractivity contribution in [1.82, 2.24) is 15.5 Å². The van der Waals surface area contributed by atoms with Crippen LogP contribution in [0.25, 0.3) is 0 Å². The Hall–Kier alpha value is -3.88. The molecule has 1 atom stereocenters. The molecule has 34 heavy (non-hydrogen) atoms. The third-order valence-corrected chi connectivity index (χ3v) is 5.82. The fraction of sp³-hybridized carbons (Fsp3) is 0.320. The van der Waals surface area contributed by atoms with Gasteiger partial charge in [-0.2, -0.15) is 0 Å². The van der Waals surface area contributed by atoms with Gasteiger partial charge in [0.05, 0.1) is 25.6 Å². The first-order valence-corrected chi connectivity index (χ1v) is 11.2. The van der Waals surface area contributed by atoms with Crippen LogP contribution in [0.2, 0.25) is 0 Å². The summed E-state index contributed by atoms with van der Waals surface area (Å²) in [6.07, 6.45) is 6.63. The van der Waals surface area contributed by atoms with Gasteiger partial charge in [0.15, 0.2) is 5.76 Å². The number of amides is 3. The quantitative estimate of drug-likeness (QED) is 0.501. The lowest BCUT2D eigenvalue weighted by Gasteiger charge is -2.31. The highest BCUT2D eigenvalue weighted by atomic mass is 19.1. The zero-order valence-corrected chi connectivity index (χ0v) is 18.5. The number of nitrogens with zero attached hydrogens (tertiary/aromatic N) is 1. The average molecular weight is 467 g/mol. The van der Waals surface area contributed by atoms with E-state index in [4.69, 9.17) is 8.83 Å². The van der Waals surface area contributed by atoms with Crippen LogP contribution in [-0.4, -0.2) is 35.2 Å². The third-order valence-electron chi connectivity index (χ3n) is 5.82. The van der Waals surface area contributed by atoms with Crippen LogP contribution < -0.4 is 10.6 Å². The minimum Gasteiger partial charge on any atom is -0.467 e. The molecule has 3 aromatic rings. The first-order chi connectivity index (χ1) is 16.5. The van der Waals surface area contributed by atoms with E-state index in [-0.39, 0.29) is 30.8 Å². The molecule has 1 fully saturated rings. The Labute approximate surface area is 196 Å². The van der Waals surface area contributed by atoms with Crippen LogP contribution in [-0.2, 0) is 16.1 Å². The Morgan fingerprint density at radius 3 is 2.35 bits per heavy atom. The molecular weight excluding hydrogens is 441 g/mol. The number of rotatable bonds is 9. The molecule has 1 aliphatic rings. The Bertz CT molecular complexity index is 1090. The van der Waals surface area contributed by atoms with E-state index in [1.54, 1.807) is 18.2 Å². The number of halogens is 1. The van der Waals surface area contributed by atoms with Crippen LogP contribution >= 0.6 is 0 Å². The van der Waals surface area contributed by atoms with Gasteiger partial charge in [-0.25, -0.2) is 4.39 Å². The molecule has 2 N–H and O–H groups in total. The topological polar surface area (TPSA) is 105 Å². The molecule has 0 saturated heterocycles. The van der Waals surface area contributed by atoms with Crippen molar-refractivity contribution in [2.75, 3.05) is 6.54 Å². The molecule has 4 rings (SSSR count). The summed E-state index contributed by atoms with van der Waals surface area (Å²) in [4.78, 5) is 40.4. The highest BCUT2D eigenvalue weighted by Gasteiger charge is 2.34. The Kier molecular flexibility index (Phi) is 7.41. The molecule has 1 aromatic carbocycles. The second-order valence-corrected chi connectivity index (χ2v) is 8.21. The molecule has 8 nitrogen and oxygen atoms in total.